The van der Waals surface area contributed by atoms with E-state index in [1.54, 1.807) is 0 Å². The lowest BCUT2D eigenvalue weighted by Crippen LogP contribution is -2.62. The van der Waals surface area contributed by atoms with Crippen molar-refractivity contribution in [2.24, 2.45) is 46.3 Å². The number of hydrogen-bond acceptors (Lipinski definition) is 7. The Labute approximate surface area is 215 Å². The van der Waals surface area contributed by atoms with Crippen molar-refractivity contribution in [1.82, 2.24) is 0 Å². The van der Waals surface area contributed by atoms with Gasteiger partial charge in [-0.15, -0.1) is 0 Å². The number of esters is 3. The van der Waals surface area contributed by atoms with Gasteiger partial charge >= 0.3 is 17.9 Å². The van der Waals surface area contributed by atoms with E-state index in [2.05, 4.69) is 20.8 Å². The largest absolute Gasteiger partial charge is 0.469 e. The Morgan fingerprint density at radius 2 is 1.69 bits per heavy atom. The summed E-state index contributed by atoms with van der Waals surface area (Å²) in [6, 6.07) is 0. The molecule has 0 amide bonds. The molecule has 0 unspecified atom stereocenters. The zero-order chi connectivity index (χ0) is 26.4. The Hall–Kier alpha value is -1.92. The first kappa shape index (κ1) is 27.1. The third-order valence-corrected chi connectivity index (χ3v) is 10.9. The highest BCUT2D eigenvalue weighted by Crippen LogP contribution is 2.68. The highest BCUT2D eigenvalue weighted by molar-refractivity contribution is 5.83. The highest BCUT2D eigenvalue weighted by Gasteiger charge is 2.67. The van der Waals surface area contributed by atoms with Gasteiger partial charge in [-0.05, 0) is 80.0 Å². The minimum atomic E-state index is -0.295. The number of carbonyl (C=O) groups excluding carboxylic acids is 4. The first-order chi connectivity index (χ1) is 16.9. The van der Waals surface area contributed by atoms with Gasteiger partial charge in [-0.25, -0.2) is 0 Å². The summed E-state index contributed by atoms with van der Waals surface area (Å²) in [6.45, 7) is 9.69. The van der Waals surface area contributed by atoms with E-state index in [0.29, 0.717) is 25.0 Å². The Bertz CT molecular complexity index is 898. The van der Waals surface area contributed by atoms with E-state index >= 15 is 0 Å². The molecule has 0 radical (unpaired) electrons. The highest BCUT2D eigenvalue weighted by atomic mass is 16.5. The molecule has 10 atom stereocenters. The lowest BCUT2D eigenvalue weighted by Gasteiger charge is -2.62. The van der Waals surface area contributed by atoms with Gasteiger partial charge in [0.15, 0.2) is 0 Å². The molecule has 4 aliphatic rings. The predicted molar refractivity (Wildman–Crippen MR) is 133 cm³/mol. The zero-order valence-corrected chi connectivity index (χ0v) is 22.8. The summed E-state index contributed by atoms with van der Waals surface area (Å²) >= 11 is 0. The first-order valence-corrected chi connectivity index (χ1v) is 13.9. The van der Waals surface area contributed by atoms with E-state index in [4.69, 9.17) is 14.2 Å². The van der Waals surface area contributed by atoms with Crippen molar-refractivity contribution in [2.45, 2.75) is 105 Å². The van der Waals surface area contributed by atoms with Crippen LogP contribution in [0.2, 0.25) is 0 Å². The Morgan fingerprint density at radius 3 is 2.33 bits per heavy atom. The molecular weight excluding hydrogens is 460 g/mol. The van der Waals surface area contributed by atoms with Crippen LogP contribution < -0.4 is 0 Å². The average Bonchev–Trinajstić information content (AvgIpc) is 3.16. The van der Waals surface area contributed by atoms with Crippen LogP contribution in [0, 0.1) is 46.3 Å². The van der Waals surface area contributed by atoms with E-state index < -0.39 is 0 Å². The number of methoxy groups -OCH3 is 1. The Balaban J connectivity index is 1.63. The van der Waals surface area contributed by atoms with Crippen LogP contribution in [-0.4, -0.2) is 43.0 Å². The van der Waals surface area contributed by atoms with Crippen LogP contribution in [0.3, 0.4) is 0 Å². The van der Waals surface area contributed by atoms with Gasteiger partial charge in [0, 0.05) is 38.0 Å². The fourth-order valence-electron chi connectivity index (χ4n) is 9.17. The summed E-state index contributed by atoms with van der Waals surface area (Å²) in [5, 5.41) is 0. The van der Waals surface area contributed by atoms with Gasteiger partial charge in [-0.1, -0.05) is 20.8 Å². The lowest BCUT2D eigenvalue weighted by molar-refractivity contribution is -0.197. The molecule has 36 heavy (non-hydrogen) atoms. The molecule has 0 aliphatic heterocycles. The van der Waals surface area contributed by atoms with Crippen molar-refractivity contribution in [1.29, 1.82) is 0 Å². The summed E-state index contributed by atoms with van der Waals surface area (Å²) in [6.07, 6.45) is 6.38. The average molecular weight is 505 g/mol. The van der Waals surface area contributed by atoms with E-state index in [9.17, 15) is 19.2 Å². The number of ether oxygens (including phenoxy) is 3. The fraction of sp³-hybridized carbons (Fsp3) is 0.862. The minimum absolute atomic E-state index is 0.0221. The predicted octanol–water partition coefficient (Wildman–Crippen LogP) is 4.89. The smallest absolute Gasteiger partial charge is 0.305 e. The number of Topliss-reactive ketones (excluding diaryl/α,β-unsaturated/α-hetero) is 1. The standard InChI is InChI=1S/C29H44O7/c1-16(7-10-26(33)34-6)21-8-9-22-27-23(15-25(29(21,22)5)36-18(3)31)28(4)12-11-20(35-17(2)30)13-19(28)14-24(27)32/h16,19-23,25,27H,7-15H2,1-6H3/t16-,19+,20-,21+,22-,23+,25+,27+,28+,29+/m1/s1. The molecule has 4 saturated carbocycles. The molecule has 0 aromatic carbocycles. The third kappa shape index (κ3) is 4.60. The minimum Gasteiger partial charge on any atom is -0.469 e. The molecule has 0 aromatic rings. The summed E-state index contributed by atoms with van der Waals surface area (Å²) in [4.78, 5) is 49.5. The van der Waals surface area contributed by atoms with Crippen LogP contribution in [0.5, 0.6) is 0 Å². The maximum atomic E-state index is 13.8. The molecule has 202 valence electrons. The van der Waals surface area contributed by atoms with Crippen molar-refractivity contribution in [3.63, 3.8) is 0 Å². The Morgan fingerprint density at radius 1 is 1.00 bits per heavy atom. The quantitative estimate of drug-likeness (QED) is 0.375. The fourth-order valence-corrected chi connectivity index (χ4v) is 9.17. The summed E-state index contributed by atoms with van der Waals surface area (Å²) in [5.74, 6) is 0.633. The van der Waals surface area contributed by atoms with Crippen LogP contribution >= 0.6 is 0 Å². The maximum absolute atomic E-state index is 13.8. The molecule has 0 aromatic heterocycles. The number of ketones is 1. The van der Waals surface area contributed by atoms with Crippen LogP contribution in [0.1, 0.15) is 92.4 Å². The lowest BCUT2D eigenvalue weighted by atomic mass is 9.43. The number of rotatable bonds is 6. The Kier molecular flexibility index (Phi) is 7.60. The summed E-state index contributed by atoms with van der Waals surface area (Å²) in [7, 11) is 1.42. The van der Waals surface area contributed by atoms with Crippen molar-refractivity contribution in [3.05, 3.63) is 0 Å². The van der Waals surface area contributed by atoms with E-state index in [1.165, 1.54) is 21.0 Å². The molecular formula is C29H44O7. The van der Waals surface area contributed by atoms with Gasteiger partial charge in [0.25, 0.3) is 0 Å². The van der Waals surface area contributed by atoms with Crippen molar-refractivity contribution < 1.29 is 33.4 Å². The van der Waals surface area contributed by atoms with Crippen LogP contribution in [0.15, 0.2) is 0 Å². The van der Waals surface area contributed by atoms with Crippen molar-refractivity contribution in [3.8, 4) is 0 Å². The topological polar surface area (TPSA) is 96.0 Å². The first-order valence-electron chi connectivity index (χ1n) is 13.9. The van der Waals surface area contributed by atoms with E-state index in [0.717, 1.165) is 38.5 Å². The molecule has 4 rings (SSSR count). The summed E-state index contributed by atoms with van der Waals surface area (Å²) < 4.78 is 16.5. The van der Waals surface area contributed by atoms with E-state index in [-0.39, 0.29) is 76.5 Å². The molecule has 4 aliphatic carbocycles. The molecule has 0 spiro atoms. The van der Waals surface area contributed by atoms with Crippen LogP contribution in [-0.2, 0) is 33.4 Å². The monoisotopic (exact) mass is 504 g/mol. The number of hydrogen-bond donors (Lipinski definition) is 0. The second kappa shape index (κ2) is 10.1. The normalized spacial score (nSPS) is 42.4. The second-order valence-electron chi connectivity index (χ2n) is 12.6. The van der Waals surface area contributed by atoms with Crippen molar-refractivity contribution in [2.75, 3.05) is 7.11 Å². The molecule has 0 heterocycles. The van der Waals surface area contributed by atoms with Gasteiger partial charge < -0.3 is 14.2 Å². The number of carbonyl (C=O) groups is 4. The van der Waals surface area contributed by atoms with Gasteiger partial charge in [-0.2, -0.15) is 0 Å². The maximum Gasteiger partial charge on any atom is 0.305 e. The number of fused-ring (bicyclic) bond motifs is 5. The molecule has 0 saturated heterocycles. The van der Waals surface area contributed by atoms with Crippen LogP contribution in [0.4, 0.5) is 0 Å². The van der Waals surface area contributed by atoms with Gasteiger partial charge in [0.2, 0.25) is 0 Å². The molecule has 0 bridgehead atoms. The zero-order valence-electron chi connectivity index (χ0n) is 22.8. The van der Waals surface area contributed by atoms with Gasteiger partial charge in [0.05, 0.1) is 7.11 Å². The SMILES string of the molecule is COC(=O)CC[C@@H](C)[C@@H]1CC[C@@H]2[C@@H]3C(=O)C[C@@H]4C[C@H](OC(C)=O)CC[C@]4(C)[C@H]3C[C@H](OC(C)=O)[C@]21C. The summed E-state index contributed by atoms with van der Waals surface area (Å²) in [5.41, 5.74) is -0.334. The molecule has 0 N–H and O–H groups in total. The molecule has 4 fully saturated rings. The van der Waals surface area contributed by atoms with Gasteiger partial charge in [-0.3, -0.25) is 19.2 Å². The third-order valence-electron chi connectivity index (χ3n) is 10.9. The molecule has 7 heteroatoms. The van der Waals surface area contributed by atoms with E-state index in [1.807, 2.05) is 0 Å². The molecule has 7 nitrogen and oxygen atoms in total. The van der Waals surface area contributed by atoms with Crippen molar-refractivity contribution >= 4 is 23.7 Å². The second-order valence-corrected chi connectivity index (χ2v) is 12.6. The van der Waals surface area contributed by atoms with Gasteiger partial charge in [0.1, 0.15) is 18.0 Å². The van der Waals surface area contributed by atoms with Crippen LogP contribution in [0.25, 0.3) is 0 Å².